The van der Waals surface area contributed by atoms with Crippen LogP contribution in [0.25, 0.3) is 0 Å². The minimum atomic E-state index is -4.13. The molecule has 1 aromatic carbocycles. The van der Waals surface area contributed by atoms with Gasteiger partial charge < -0.3 is 5.32 Å². The first-order valence-corrected chi connectivity index (χ1v) is 8.33. The number of sulfone groups is 1. The van der Waals surface area contributed by atoms with Gasteiger partial charge in [-0.15, -0.1) is 0 Å². The van der Waals surface area contributed by atoms with E-state index in [2.05, 4.69) is 5.32 Å². The fourth-order valence-corrected chi connectivity index (χ4v) is 3.75. The minimum absolute atomic E-state index is 0.368. The second-order valence-electron chi connectivity index (χ2n) is 5.09. The fourth-order valence-electron chi connectivity index (χ4n) is 2.35. The first kappa shape index (κ1) is 15.5. The van der Waals surface area contributed by atoms with E-state index in [1.54, 1.807) is 13.0 Å². The van der Waals surface area contributed by atoms with E-state index in [9.17, 15) is 18.1 Å². The predicted octanol–water partition coefficient (Wildman–Crippen LogP) is 2.81. The average molecular weight is 308 g/mol. The smallest absolute Gasteiger partial charge is 0.221 e. The lowest BCUT2D eigenvalue weighted by Gasteiger charge is -2.11. The summed E-state index contributed by atoms with van der Waals surface area (Å²) < 4.78 is 39.1. The first-order chi connectivity index (χ1) is 9.96. The standard InChI is InChI=1S/C15H17FN2O2S/c1-11-6-7-14(12(16)9-11)21(19,20)15(10-17)13-5-3-2-4-8-18-13/h6-7,9,18H,2-5,8H2,1H3/b15-13+. The van der Waals surface area contributed by atoms with Gasteiger partial charge in [-0.1, -0.05) is 12.5 Å². The lowest BCUT2D eigenvalue weighted by Crippen LogP contribution is -2.18. The minimum Gasteiger partial charge on any atom is -0.387 e. The lowest BCUT2D eigenvalue weighted by molar-refractivity contribution is 0.570. The number of allylic oxidation sites excluding steroid dienone is 2. The maximum absolute atomic E-state index is 14.0. The van der Waals surface area contributed by atoms with Gasteiger partial charge in [0.15, 0.2) is 4.91 Å². The highest BCUT2D eigenvalue weighted by Crippen LogP contribution is 2.26. The van der Waals surface area contributed by atoms with Crippen molar-refractivity contribution in [3.63, 3.8) is 0 Å². The number of rotatable bonds is 2. The highest BCUT2D eigenvalue weighted by Gasteiger charge is 2.28. The Morgan fingerprint density at radius 3 is 2.76 bits per heavy atom. The summed E-state index contributed by atoms with van der Waals surface area (Å²) in [6, 6.07) is 5.64. The third-order valence-electron chi connectivity index (χ3n) is 3.46. The predicted molar refractivity (Wildman–Crippen MR) is 77.4 cm³/mol. The van der Waals surface area contributed by atoms with E-state index in [4.69, 9.17) is 0 Å². The van der Waals surface area contributed by atoms with Crippen LogP contribution in [0.1, 0.15) is 31.2 Å². The van der Waals surface area contributed by atoms with Crippen LogP contribution < -0.4 is 5.32 Å². The van der Waals surface area contributed by atoms with Crippen molar-refractivity contribution in [1.29, 1.82) is 5.26 Å². The van der Waals surface area contributed by atoms with Gasteiger partial charge in [-0.05, 0) is 43.9 Å². The number of nitrogens with zero attached hydrogens (tertiary/aromatic N) is 1. The Balaban J connectivity index is 2.54. The van der Waals surface area contributed by atoms with Crippen LogP contribution >= 0.6 is 0 Å². The van der Waals surface area contributed by atoms with Crippen LogP contribution in [-0.4, -0.2) is 15.0 Å². The Morgan fingerprint density at radius 2 is 2.10 bits per heavy atom. The molecule has 0 aromatic heterocycles. The Labute approximate surface area is 124 Å². The Morgan fingerprint density at radius 1 is 1.33 bits per heavy atom. The quantitative estimate of drug-likeness (QED) is 0.853. The maximum atomic E-state index is 14.0. The van der Waals surface area contributed by atoms with Gasteiger partial charge in [0.1, 0.15) is 16.8 Å². The Bertz CT molecular complexity index is 708. The molecule has 0 bridgehead atoms. The molecule has 0 unspecified atom stereocenters. The third-order valence-corrected chi connectivity index (χ3v) is 5.25. The molecule has 0 atom stereocenters. The summed E-state index contributed by atoms with van der Waals surface area (Å²) in [7, 11) is -4.13. The highest BCUT2D eigenvalue weighted by atomic mass is 32.2. The van der Waals surface area contributed by atoms with Gasteiger partial charge >= 0.3 is 0 Å². The van der Waals surface area contributed by atoms with Crippen molar-refractivity contribution in [2.75, 3.05) is 6.54 Å². The van der Waals surface area contributed by atoms with Crippen molar-refractivity contribution in [3.05, 3.63) is 40.2 Å². The van der Waals surface area contributed by atoms with Gasteiger partial charge in [0.25, 0.3) is 0 Å². The summed E-state index contributed by atoms with van der Waals surface area (Å²) in [5.41, 5.74) is 1.03. The molecule has 0 spiro atoms. The molecule has 2 rings (SSSR count). The summed E-state index contributed by atoms with van der Waals surface area (Å²) in [5, 5.41) is 12.3. The zero-order valence-corrected chi connectivity index (χ0v) is 12.6. The molecular formula is C15H17FN2O2S. The molecule has 4 nitrogen and oxygen atoms in total. The van der Waals surface area contributed by atoms with Crippen LogP contribution in [-0.2, 0) is 9.84 Å². The highest BCUT2D eigenvalue weighted by molar-refractivity contribution is 7.95. The van der Waals surface area contributed by atoms with E-state index in [0.717, 1.165) is 25.3 Å². The number of halogens is 1. The van der Waals surface area contributed by atoms with Crippen LogP contribution in [0, 0.1) is 24.1 Å². The molecule has 0 aliphatic carbocycles. The van der Waals surface area contributed by atoms with Crippen molar-refractivity contribution in [1.82, 2.24) is 5.32 Å². The van der Waals surface area contributed by atoms with Crippen LogP contribution in [0.3, 0.4) is 0 Å². The third kappa shape index (κ3) is 3.24. The van der Waals surface area contributed by atoms with Gasteiger partial charge in [0.05, 0.1) is 0 Å². The summed E-state index contributed by atoms with van der Waals surface area (Å²) in [4.78, 5) is -0.810. The molecule has 1 N–H and O–H groups in total. The van der Waals surface area contributed by atoms with Crippen molar-refractivity contribution in [2.45, 2.75) is 37.5 Å². The van der Waals surface area contributed by atoms with Gasteiger partial charge in [-0.3, -0.25) is 0 Å². The van der Waals surface area contributed by atoms with Crippen molar-refractivity contribution in [3.8, 4) is 6.07 Å². The number of nitriles is 1. The molecular weight excluding hydrogens is 291 g/mol. The van der Waals surface area contributed by atoms with E-state index in [0.29, 0.717) is 24.2 Å². The summed E-state index contributed by atoms with van der Waals surface area (Å²) >= 11 is 0. The second-order valence-corrected chi connectivity index (χ2v) is 6.95. The lowest BCUT2D eigenvalue weighted by atomic mass is 10.2. The topological polar surface area (TPSA) is 70.0 Å². The van der Waals surface area contributed by atoms with Gasteiger partial charge in [0.2, 0.25) is 9.84 Å². The molecule has 21 heavy (non-hydrogen) atoms. The molecule has 1 fully saturated rings. The fraction of sp³-hybridized carbons (Fsp3) is 0.400. The molecule has 1 aliphatic heterocycles. The molecule has 0 radical (unpaired) electrons. The van der Waals surface area contributed by atoms with Crippen LogP contribution in [0.4, 0.5) is 4.39 Å². The van der Waals surface area contributed by atoms with Gasteiger partial charge in [-0.2, -0.15) is 5.26 Å². The Hall–Kier alpha value is -1.87. The van der Waals surface area contributed by atoms with E-state index >= 15 is 0 Å². The summed E-state index contributed by atoms with van der Waals surface area (Å²) in [6.45, 7) is 2.31. The van der Waals surface area contributed by atoms with E-state index in [-0.39, 0.29) is 4.91 Å². The summed E-state index contributed by atoms with van der Waals surface area (Å²) in [6.07, 6.45) is 3.23. The van der Waals surface area contributed by atoms with E-state index in [1.807, 2.05) is 0 Å². The van der Waals surface area contributed by atoms with E-state index in [1.165, 1.54) is 12.1 Å². The second kappa shape index (κ2) is 6.27. The monoisotopic (exact) mass is 308 g/mol. The SMILES string of the molecule is Cc1ccc(S(=O)(=O)/C(C#N)=C2\CCCCCN2)c(F)c1. The maximum Gasteiger partial charge on any atom is 0.221 e. The number of hydrogen-bond donors (Lipinski definition) is 1. The molecule has 0 amide bonds. The number of benzene rings is 1. The first-order valence-electron chi connectivity index (χ1n) is 6.85. The molecule has 0 saturated carbocycles. The van der Waals surface area contributed by atoms with Crippen molar-refractivity contribution in [2.24, 2.45) is 0 Å². The summed E-state index contributed by atoms with van der Waals surface area (Å²) in [5.74, 6) is -0.822. The van der Waals surface area contributed by atoms with Gasteiger partial charge in [0, 0.05) is 12.2 Å². The zero-order valence-electron chi connectivity index (χ0n) is 11.8. The van der Waals surface area contributed by atoms with Gasteiger partial charge in [-0.25, -0.2) is 12.8 Å². The zero-order chi connectivity index (χ0) is 15.5. The molecule has 6 heteroatoms. The largest absolute Gasteiger partial charge is 0.387 e. The molecule has 1 aliphatic rings. The molecule has 1 saturated heterocycles. The van der Waals surface area contributed by atoms with Crippen molar-refractivity contribution < 1.29 is 12.8 Å². The number of aryl methyl sites for hydroxylation is 1. The van der Waals surface area contributed by atoms with Crippen LogP contribution in [0.5, 0.6) is 0 Å². The van der Waals surface area contributed by atoms with Crippen LogP contribution in [0.15, 0.2) is 33.7 Å². The molecule has 1 aromatic rings. The van der Waals surface area contributed by atoms with Crippen LogP contribution in [0.2, 0.25) is 0 Å². The van der Waals surface area contributed by atoms with E-state index < -0.39 is 20.5 Å². The molecule has 112 valence electrons. The van der Waals surface area contributed by atoms with Crippen molar-refractivity contribution >= 4 is 9.84 Å². The molecule has 1 heterocycles. The Kier molecular flexibility index (Phi) is 4.63. The number of hydrogen-bond acceptors (Lipinski definition) is 4. The number of nitrogens with one attached hydrogen (secondary N) is 1. The normalized spacial score (nSPS) is 18.3. The average Bonchev–Trinajstić information content (AvgIpc) is 2.67.